The van der Waals surface area contributed by atoms with Gasteiger partial charge in [0.25, 0.3) is 5.91 Å². The summed E-state index contributed by atoms with van der Waals surface area (Å²) in [7, 11) is 0. The fraction of sp³-hybridized carbons (Fsp3) is 0.333. The summed E-state index contributed by atoms with van der Waals surface area (Å²) in [5, 5.41) is 0. The minimum Gasteiger partial charge on any atom is -0.457 e. The minimum atomic E-state index is -0.308. The van der Waals surface area contributed by atoms with Crippen LogP contribution in [0.25, 0.3) is 0 Å². The number of nitrogens with zero attached hydrogens (tertiary/aromatic N) is 1. The second-order valence-electron chi connectivity index (χ2n) is 6.52. The second-order valence-corrected chi connectivity index (χ2v) is 6.52. The van der Waals surface area contributed by atoms with E-state index in [1.165, 1.54) is 0 Å². The lowest BCUT2D eigenvalue weighted by molar-refractivity contribution is -0.149. The zero-order valence-corrected chi connectivity index (χ0v) is 14.9. The van der Waals surface area contributed by atoms with Crippen LogP contribution in [0.1, 0.15) is 54.3 Å². The van der Waals surface area contributed by atoms with Gasteiger partial charge >= 0.3 is 5.97 Å². The molecule has 0 saturated heterocycles. The Morgan fingerprint density at radius 3 is 2.56 bits per heavy atom. The molecule has 2 aromatic carbocycles. The lowest BCUT2D eigenvalue weighted by Gasteiger charge is -2.39. The first kappa shape index (κ1) is 17.2. The summed E-state index contributed by atoms with van der Waals surface area (Å²) < 4.78 is 5.65. The van der Waals surface area contributed by atoms with Crippen LogP contribution < -0.4 is 4.90 Å². The Labute approximate surface area is 148 Å². The number of carbonyl (C=O) groups is 2. The first-order valence-corrected chi connectivity index (χ1v) is 8.70. The van der Waals surface area contributed by atoms with Crippen LogP contribution >= 0.6 is 0 Å². The highest BCUT2D eigenvalue weighted by atomic mass is 16.5. The SMILES string of the molecule is CCC(=O)O[C@H]1C[C@@H](C)N(C(=O)c2ccccc2)c2ccc(C)cc21. The molecule has 1 aliphatic heterocycles. The van der Waals surface area contributed by atoms with E-state index in [4.69, 9.17) is 4.74 Å². The average Bonchev–Trinajstić information content (AvgIpc) is 2.62. The fourth-order valence-corrected chi connectivity index (χ4v) is 3.31. The molecule has 4 heteroatoms. The molecule has 2 atom stereocenters. The van der Waals surface area contributed by atoms with E-state index in [0.717, 1.165) is 16.8 Å². The number of rotatable bonds is 3. The molecule has 0 spiro atoms. The Hall–Kier alpha value is -2.62. The van der Waals surface area contributed by atoms with Gasteiger partial charge in [0.15, 0.2) is 0 Å². The van der Waals surface area contributed by atoms with E-state index < -0.39 is 0 Å². The number of aryl methyl sites for hydroxylation is 1. The van der Waals surface area contributed by atoms with Crippen LogP contribution in [-0.2, 0) is 9.53 Å². The molecule has 0 N–H and O–H groups in total. The van der Waals surface area contributed by atoms with E-state index in [0.29, 0.717) is 18.4 Å². The van der Waals surface area contributed by atoms with Gasteiger partial charge in [-0.3, -0.25) is 9.59 Å². The number of fused-ring (bicyclic) bond motifs is 1. The first-order chi connectivity index (χ1) is 12.0. The summed E-state index contributed by atoms with van der Waals surface area (Å²) in [6.07, 6.45) is 0.636. The third kappa shape index (κ3) is 3.43. The molecule has 3 rings (SSSR count). The number of anilines is 1. The number of carbonyl (C=O) groups excluding carboxylic acids is 2. The molecule has 0 bridgehead atoms. The molecule has 0 aromatic heterocycles. The smallest absolute Gasteiger partial charge is 0.306 e. The van der Waals surface area contributed by atoms with Gasteiger partial charge in [-0.25, -0.2) is 0 Å². The maximum atomic E-state index is 13.1. The van der Waals surface area contributed by atoms with Crippen molar-refractivity contribution in [3.05, 3.63) is 65.2 Å². The Kier molecular flexibility index (Phi) is 4.88. The van der Waals surface area contributed by atoms with Crippen LogP contribution in [0.15, 0.2) is 48.5 Å². The van der Waals surface area contributed by atoms with Gasteiger partial charge in [0.1, 0.15) is 6.10 Å². The molecule has 0 unspecified atom stereocenters. The summed E-state index contributed by atoms with van der Waals surface area (Å²) in [5.74, 6) is -0.244. The van der Waals surface area contributed by atoms with Gasteiger partial charge < -0.3 is 9.64 Å². The topological polar surface area (TPSA) is 46.6 Å². The number of ether oxygens (including phenoxy) is 1. The normalized spacial score (nSPS) is 19.2. The van der Waals surface area contributed by atoms with E-state index in [2.05, 4.69) is 0 Å². The van der Waals surface area contributed by atoms with Gasteiger partial charge in [-0.1, -0.05) is 42.8 Å². The first-order valence-electron chi connectivity index (χ1n) is 8.70. The quantitative estimate of drug-likeness (QED) is 0.779. The maximum absolute atomic E-state index is 13.1. The number of hydrogen-bond acceptors (Lipinski definition) is 3. The third-order valence-electron chi connectivity index (χ3n) is 4.59. The highest BCUT2D eigenvalue weighted by Crippen LogP contribution is 2.40. The Morgan fingerprint density at radius 1 is 1.16 bits per heavy atom. The van der Waals surface area contributed by atoms with Gasteiger partial charge in [-0.05, 0) is 32.0 Å². The molecule has 0 saturated carbocycles. The number of esters is 1. The second kappa shape index (κ2) is 7.09. The average molecular weight is 337 g/mol. The van der Waals surface area contributed by atoms with Gasteiger partial charge in [0.05, 0.1) is 5.69 Å². The van der Waals surface area contributed by atoms with Crippen molar-refractivity contribution in [3.63, 3.8) is 0 Å². The lowest BCUT2D eigenvalue weighted by atomic mass is 9.91. The Balaban J connectivity index is 2.02. The summed E-state index contributed by atoms with van der Waals surface area (Å²) in [4.78, 5) is 26.7. The Morgan fingerprint density at radius 2 is 1.88 bits per heavy atom. The maximum Gasteiger partial charge on any atom is 0.306 e. The number of hydrogen-bond donors (Lipinski definition) is 0. The zero-order chi connectivity index (χ0) is 18.0. The van der Waals surface area contributed by atoms with Crippen molar-refractivity contribution in [1.82, 2.24) is 0 Å². The molecule has 1 heterocycles. The molecular formula is C21H23NO3. The van der Waals surface area contributed by atoms with Crippen molar-refractivity contribution in [2.75, 3.05) is 4.90 Å². The predicted molar refractivity (Wildman–Crippen MR) is 97.6 cm³/mol. The molecule has 130 valence electrons. The van der Waals surface area contributed by atoms with E-state index in [1.807, 2.05) is 67.3 Å². The van der Waals surface area contributed by atoms with Crippen molar-refractivity contribution in [1.29, 1.82) is 0 Å². The van der Waals surface area contributed by atoms with Crippen molar-refractivity contribution >= 4 is 17.6 Å². The molecule has 0 aliphatic carbocycles. The minimum absolute atomic E-state index is 0.0292. The van der Waals surface area contributed by atoms with Gasteiger partial charge in [0, 0.05) is 30.0 Å². The summed E-state index contributed by atoms with van der Waals surface area (Å²) in [6.45, 7) is 5.79. The summed E-state index contributed by atoms with van der Waals surface area (Å²) in [5.41, 5.74) is 3.47. The lowest BCUT2D eigenvalue weighted by Crippen LogP contribution is -2.44. The van der Waals surface area contributed by atoms with E-state index in [9.17, 15) is 9.59 Å². The van der Waals surface area contributed by atoms with Gasteiger partial charge in [-0.2, -0.15) is 0 Å². The van der Waals surface area contributed by atoms with Gasteiger partial charge in [0.2, 0.25) is 0 Å². The molecule has 1 amide bonds. The van der Waals surface area contributed by atoms with Crippen molar-refractivity contribution in [2.45, 2.75) is 45.8 Å². The molecule has 0 fully saturated rings. The number of amides is 1. The number of benzene rings is 2. The monoisotopic (exact) mass is 337 g/mol. The predicted octanol–water partition coefficient (Wildman–Crippen LogP) is 4.43. The van der Waals surface area contributed by atoms with Crippen LogP contribution in [0.4, 0.5) is 5.69 Å². The van der Waals surface area contributed by atoms with E-state index >= 15 is 0 Å². The Bertz CT molecular complexity index is 785. The van der Waals surface area contributed by atoms with Crippen LogP contribution in [-0.4, -0.2) is 17.9 Å². The van der Waals surface area contributed by atoms with Crippen LogP contribution in [0, 0.1) is 6.92 Å². The van der Waals surface area contributed by atoms with Crippen molar-refractivity contribution in [2.24, 2.45) is 0 Å². The van der Waals surface area contributed by atoms with Crippen LogP contribution in [0.2, 0.25) is 0 Å². The van der Waals surface area contributed by atoms with Crippen LogP contribution in [0.3, 0.4) is 0 Å². The van der Waals surface area contributed by atoms with Crippen molar-refractivity contribution < 1.29 is 14.3 Å². The van der Waals surface area contributed by atoms with E-state index in [1.54, 1.807) is 6.92 Å². The van der Waals surface area contributed by atoms with Crippen molar-refractivity contribution in [3.8, 4) is 0 Å². The molecule has 25 heavy (non-hydrogen) atoms. The molecular weight excluding hydrogens is 314 g/mol. The van der Waals surface area contributed by atoms with E-state index in [-0.39, 0.29) is 24.0 Å². The molecule has 0 radical (unpaired) electrons. The fourth-order valence-electron chi connectivity index (χ4n) is 3.31. The van der Waals surface area contributed by atoms with Gasteiger partial charge in [-0.15, -0.1) is 0 Å². The third-order valence-corrected chi connectivity index (χ3v) is 4.59. The molecule has 2 aromatic rings. The molecule has 4 nitrogen and oxygen atoms in total. The van der Waals surface area contributed by atoms with Crippen LogP contribution in [0.5, 0.6) is 0 Å². The summed E-state index contributed by atoms with van der Waals surface area (Å²) >= 11 is 0. The zero-order valence-electron chi connectivity index (χ0n) is 14.9. The standard InChI is InChI=1S/C21H23NO3/c1-4-20(23)25-19-13-15(3)22(18-11-10-14(2)12-17(18)19)21(24)16-8-6-5-7-9-16/h5-12,15,19H,4,13H2,1-3H3/t15-,19+/m1/s1. The highest BCUT2D eigenvalue weighted by molar-refractivity contribution is 6.07. The molecule has 1 aliphatic rings. The highest BCUT2D eigenvalue weighted by Gasteiger charge is 2.35. The summed E-state index contributed by atoms with van der Waals surface area (Å²) in [6, 6.07) is 15.2. The largest absolute Gasteiger partial charge is 0.457 e.